The highest BCUT2D eigenvalue weighted by Crippen LogP contribution is 2.29. The predicted molar refractivity (Wildman–Crippen MR) is 103 cm³/mol. The molecular weight excluding hydrogens is 341 g/mol. The molecule has 0 saturated carbocycles. The minimum absolute atomic E-state index is 0.239. The lowest BCUT2D eigenvalue weighted by molar-refractivity contribution is 0.305. The van der Waals surface area contributed by atoms with E-state index >= 15 is 0 Å². The number of rotatable bonds is 6. The number of nitrogens with one attached hydrogen (secondary N) is 1. The molecule has 0 radical (unpaired) electrons. The van der Waals surface area contributed by atoms with E-state index in [9.17, 15) is 4.39 Å². The van der Waals surface area contributed by atoms with Gasteiger partial charge in [-0.2, -0.15) is 5.10 Å². The molecule has 1 aromatic heterocycles. The molecule has 0 bridgehead atoms. The van der Waals surface area contributed by atoms with Gasteiger partial charge in [0.2, 0.25) is 0 Å². The fourth-order valence-electron chi connectivity index (χ4n) is 3.66. The van der Waals surface area contributed by atoms with Crippen LogP contribution in [0.2, 0.25) is 0 Å². The van der Waals surface area contributed by atoms with Crippen LogP contribution in [-0.4, -0.2) is 9.78 Å². The van der Waals surface area contributed by atoms with Gasteiger partial charge in [-0.3, -0.25) is 4.68 Å². The summed E-state index contributed by atoms with van der Waals surface area (Å²) in [6.07, 6.45) is 5.45. The Kier molecular flexibility index (Phi) is 5.21. The van der Waals surface area contributed by atoms with Crippen LogP contribution in [0.15, 0.2) is 54.7 Å². The molecule has 4 rings (SSSR count). The van der Waals surface area contributed by atoms with E-state index < -0.39 is 0 Å². The van der Waals surface area contributed by atoms with Crippen molar-refractivity contribution in [2.75, 3.05) is 0 Å². The molecule has 0 amide bonds. The molecule has 0 unspecified atom stereocenters. The van der Waals surface area contributed by atoms with Crippen molar-refractivity contribution in [3.8, 4) is 5.75 Å². The van der Waals surface area contributed by atoms with Crippen molar-refractivity contribution in [3.05, 3.63) is 82.9 Å². The molecule has 4 nitrogen and oxygen atoms in total. The molecule has 3 aromatic rings. The lowest BCUT2D eigenvalue weighted by atomic mass is 9.93. The van der Waals surface area contributed by atoms with Crippen LogP contribution in [0.1, 0.15) is 41.3 Å². The second-order valence-corrected chi connectivity index (χ2v) is 7.06. The molecule has 1 N–H and O–H groups in total. The number of fused-ring (bicyclic) bond motifs is 1. The fourth-order valence-corrected chi connectivity index (χ4v) is 3.66. The van der Waals surface area contributed by atoms with Crippen LogP contribution in [0.4, 0.5) is 4.39 Å². The fraction of sp³-hybridized carbons (Fsp3) is 0.318. The van der Waals surface area contributed by atoms with E-state index in [1.54, 1.807) is 6.07 Å². The van der Waals surface area contributed by atoms with Gasteiger partial charge in [-0.15, -0.1) is 0 Å². The second-order valence-electron chi connectivity index (χ2n) is 7.06. The van der Waals surface area contributed by atoms with E-state index in [4.69, 9.17) is 4.74 Å². The monoisotopic (exact) mass is 365 g/mol. The van der Waals surface area contributed by atoms with Crippen LogP contribution < -0.4 is 10.1 Å². The van der Waals surface area contributed by atoms with Crippen molar-refractivity contribution < 1.29 is 9.13 Å². The van der Waals surface area contributed by atoms with Crippen molar-refractivity contribution in [2.24, 2.45) is 7.05 Å². The number of hydrogen-bond acceptors (Lipinski definition) is 3. The quantitative estimate of drug-likeness (QED) is 0.708. The van der Waals surface area contributed by atoms with Gasteiger partial charge in [-0.05, 0) is 54.7 Å². The van der Waals surface area contributed by atoms with Crippen molar-refractivity contribution in [1.29, 1.82) is 0 Å². The molecule has 140 valence electrons. The Morgan fingerprint density at radius 1 is 1.19 bits per heavy atom. The van der Waals surface area contributed by atoms with E-state index in [1.807, 2.05) is 36.1 Å². The summed E-state index contributed by atoms with van der Waals surface area (Å²) in [5, 5.41) is 8.06. The molecule has 1 aliphatic rings. The van der Waals surface area contributed by atoms with Crippen LogP contribution >= 0.6 is 0 Å². The first-order valence-corrected chi connectivity index (χ1v) is 9.39. The highest BCUT2D eigenvalue weighted by Gasteiger charge is 2.22. The smallest absolute Gasteiger partial charge is 0.123 e. The van der Waals surface area contributed by atoms with Crippen molar-refractivity contribution in [2.45, 2.75) is 38.5 Å². The largest absolute Gasteiger partial charge is 0.489 e. The van der Waals surface area contributed by atoms with E-state index in [0.717, 1.165) is 30.7 Å². The minimum Gasteiger partial charge on any atom is -0.489 e. The van der Waals surface area contributed by atoms with E-state index in [0.29, 0.717) is 12.6 Å². The molecule has 27 heavy (non-hydrogen) atoms. The Morgan fingerprint density at radius 2 is 2.04 bits per heavy atom. The molecule has 0 spiro atoms. The molecule has 1 atom stereocenters. The minimum atomic E-state index is -0.239. The summed E-state index contributed by atoms with van der Waals surface area (Å²) >= 11 is 0. The average Bonchev–Trinajstić information content (AvgIpc) is 3.07. The zero-order chi connectivity index (χ0) is 18.6. The van der Waals surface area contributed by atoms with Crippen LogP contribution in [-0.2, 0) is 26.6 Å². The van der Waals surface area contributed by atoms with Gasteiger partial charge in [-0.25, -0.2) is 4.39 Å². The number of aromatic nitrogens is 2. The maximum Gasteiger partial charge on any atom is 0.123 e. The Morgan fingerprint density at radius 3 is 2.85 bits per heavy atom. The number of benzene rings is 2. The highest BCUT2D eigenvalue weighted by molar-refractivity contribution is 5.29. The lowest BCUT2D eigenvalue weighted by Crippen LogP contribution is -2.24. The van der Waals surface area contributed by atoms with Crippen molar-refractivity contribution >= 4 is 0 Å². The molecule has 2 aromatic carbocycles. The van der Waals surface area contributed by atoms with Crippen LogP contribution in [0, 0.1) is 5.82 Å². The molecule has 0 fully saturated rings. The predicted octanol–water partition coefficient (Wildman–Crippen LogP) is 4.31. The van der Waals surface area contributed by atoms with Gasteiger partial charge in [0.15, 0.2) is 0 Å². The number of hydrogen-bond donors (Lipinski definition) is 1. The van der Waals surface area contributed by atoms with Gasteiger partial charge in [0.1, 0.15) is 18.2 Å². The Balaban J connectivity index is 1.32. The highest BCUT2D eigenvalue weighted by atomic mass is 19.1. The summed E-state index contributed by atoms with van der Waals surface area (Å²) in [6.45, 7) is 1.17. The van der Waals surface area contributed by atoms with Gasteiger partial charge >= 0.3 is 0 Å². The molecule has 0 aliphatic heterocycles. The first-order valence-electron chi connectivity index (χ1n) is 9.39. The van der Waals surface area contributed by atoms with Crippen LogP contribution in [0.3, 0.4) is 0 Å². The van der Waals surface area contributed by atoms with Gasteiger partial charge in [0, 0.05) is 30.9 Å². The van der Waals surface area contributed by atoms with Gasteiger partial charge < -0.3 is 10.1 Å². The molecule has 1 aliphatic carbocycles. The van der Waals surface area contributed by atoms with Gasteiger partial charge in [0.05, 0.1) is 6.20 Å². The topological polar surface area (TPSA) is 39.1 Å². The zero-order valence-electron chi connectivity index (χ0n) is 15.5. The van der Waals surface area contributed by atoms with E-state index in [2.05, 4.69) is 22.5 Å². The van der Waals surface area contributed by atoms with Gasteiger partial charge in [0.25, 0.3) is 0 Å². The standard InChI is InChI=1S/C22H24FN3O/c1-26-22-7-3-6-21(20(22)14-25-26)24-13-16-8-10-19(11-9-16)27-15-17-4-2-5-18(23)12-17/h2,4-5,8-12,14,21,24H,3,6-7,13,15H2,1H3/t21-/m0/s1. The Bertz CT molecular complexity index is 904. The number of halogens is 1. The molecule has 5 heteroatoms. The Labute approximate surface area is 159 Å². The third-order valence-corrected chi connectivity index (χ3v) is 5.15. The maximum absolute atomic E-state index is 13.2. The first-order chi connectivity index (χ1) is 13.2. The normalized spacial score (nSPS) is 16.1. The summed E-state index contributed by atoms with van der Waals surface area (Å²) < 4.78 is 21.0. The molecule has 1 heterocycles. The first kappa shape index (κ1) is 17.7. The summed E-state index contributed by atoms with van der Waals surface area (Å²) in [6, 6.07) is 14.9. The van der Waals surface area contributed by atoms with Crippen LogP contribution in [0.5, 0.6) is 5.75 Å². The van der Waals surface area contributed by atoms with Gasteiger partial charge in [-0.1, -0.05) is 24.3 Å². The Hall–Kier alpha value is -2.66. The van der Waals surface area contributed by atoms with Crippen molar-refractivity contribution in [1.82, 2.24) is 15.1 Å². The van der Waals surface area contributed by atoms with Crippen molar-refractivity contribution in [3.63, 3.8) is 0 Å². The molecule has 0 saturated heterocycles. The average molecular weight is 365 g/mol. The maximum atomic E-state index is 13.2. The number of aryl methyl sites for hydroxylation is 1. The zero-order valence-corrected chi connectivity index (χ0v) is 15.5. The third kappa shape index (κ3) is 4.19. The molecular formula is C22H24FN3O. The summed E-state index contributed by atoms with van der Waals surface area (Å²) in [5.74, 6) is 0.548. The second kappa shape index (κ2) is 7.92. The SMILES string of the molecule is Cn1ncc2c1CCC[C@@H]2NCc1ccc(OCc2cccc(F)c2)cc1. The lowest BCUT2D eigenvalue weighted by Gasteiger charge is -2.24. The summed E-state index contributed by atoms with van der Waals surface area (Å²) in [7, 11) is 2.02. The summed E-state index contributed by atoms with van der Waals surface area (Å²) in [5.41, 5.74) is 4.72. The van der Waals surface area contributed by atoms with Crippen LogP contribution in [0.25, 0.3) is 0 Å². The third-order valence-electron chi connectivity index (χ3n) is 5.15. The summed E-state index contributed by atoms with van der Waals surface area (Å²) in [4.78, 5) is 0. The number of nitrogens with zero attached hydrogens (tertiary/aromatic N) is 2. The van der Waals surface area contributed by atoms with E-state index in [1.165, 1.54) is 35.4 Å². The number of ether oxygens (including phenoxy) is 1. The van der Waals surface area contributed by atoms with E-state index in [-0.39, 0.29) is 5.82 Å².